The molecule has 0 amide bonds. The van der Waals surface area contributed by atoms with Gasteiger partial charge in [0.2, 0.25) is 0 Å². The van der Waals surface area contributed by atoms with Crippen molar-refractivity contribution in [1.82, 2.24) is 0 Å². The standard InChI is InChI=1S/C17H30O5SSi/c1-6-20-16-8-13-7-14-12(2)10-21-23(18,19)17(14,9-15(13)22-16)11-24(3,4)5/h7,12-13,15-16H,6,8-11H2,1-5H3/t12-,13+,15+,16?,17?/m0/s1. The Balaban J connectivity index is 2.02. The second kappa shape index (κ2) is 6.19. The molecular weight excluding hydrogens is 344 g/mol. The first-order chi connectivity index (χ1) is 11.1. The quantitative estimate of drug-likeness (QED) is 0.430. The Morgan fingerprint density at radius 1 is 1.38 bits per heavy atom. The van der Waals surface area contributed by atoms with E-state index in [2.05, 4.69) is 32.6 Å². The van der Waals surface area contributed by atoms with E-state index in [0.717, 1.165) is 12.0 Å². The third-order valence-corrected chi connectivity index (χ3v) is 9.24. The summed E-state index contributed by atoms with van der Waals surface area (Å²) in [6, 6.07) is 0.685. The highest BCUT2D eigenvalue weighted by molar-refractivity contribution is 7.88. The number of hydrogen-bond donors (Lipinski definition) is 0. The van der Waals surface area contributed by atoms with Crippen LogP contribution in [0.3, 0.4) is 0 Å². The minimum absolute atomic E-state index is 0.0923. The van der Waals surface area contributed by atoms with Crippen LogP contribution >= 0.6 is 0 Å². The minimum atomic E-state index is -3.63. The normalized spacial score (nSPS) is 41.5. The molecule has 0 aromatic carbocycles. The molecule has 0 aromatic heterocycles. The predicted molar refractivity (Wildman–Crippen MR) is 96.0 cm³/mol. The summed E-state index contributed by atoms with van der Waals surface area (Å²) in [7, 11) is -5.28. The Labute approximate surface area is 146 Å². The van der Waals surface area contributed by atoms with E-state index in [1.807, 2.05) is 6.92 Å². The molecule has 138 valence electrons. The molecule has 0 bridgehead atoms. The van der Waals surface area contributed by atoms with Crippen LogP contribution in [0, 0.1) is 11.8 Å². The van der Waals surface area contributed by atoms with Crippen molar-refractivity contribution in [3.8, 4) is 0 Å². The maximum atomic E-state index is 13.0. The Morgan fingerprint density at radius 2 is 2.08 bits per heavy atom. The summed E-state index contributed by atoms with van der Waals surface area (Å²) >= 11 is 0. The number of fused-ring (bicyclic) bond motifs is 2. The molecule has 2 fully saturated rings. The average molecular weight is 375 g/mol. The Kier molecular flexibility index (Phi) is 4.79. The maximum absolute atomic E-state index is 13.0. The van der Waals surface area contributed by atoms with Crippen LogP contribution in [-0.2, 0) is 23.8 Å². The van der Waals surface area contributed by atoms with Crippen molar-refractivity contribution in [2.45, 2.75) is 69.5 Å². The zero-order valence-electron chi connectivity index (χ0n) is 15.4. The lowest BCUT2D eigenvalue weighted by Gasteiger charge is -2.48. The van der Waals surface area contributed by atoms with E-state index in [1.54, 1.807) is 0 Å². The first kappa shape index (κ1) is 18.6. The Hall–Kier alpha value is -0.213. The van der Waals surface area contributed by atoms with Crippen LogP contribution in [0.25, 0.3) is 0 Å². The van der Waals surface area contributed by atoms with Crippen LogP contribution in [0.5, 0.6) is 0 Å². The van der Waals surface area contributed by atoms with E-state index in [0.29, 0.717) is 19.1 Å². The number of rotatable bonds is 4. The summed E-state index contributed by atoms with van der Waals surface area (Å²) < 4.78 is 42.2. The predicted octanol–water partition coefficient (Wildman–Crippen LogP) is 3.16. The summed E-state index contributed by atoms with van der Waals surface area (Å²) in [5, 5.41) is 0. The highest BCUT2D eigenvalue weighted by atomic mass is 32.2. The summed E-state index contributed by atoms with van der Waals surface area (Å²) in [6.07, 6.45) is 3.20. The molecule has 2 saturated heterocycles. The van der Waals surface area contributed by atoms with Gasteiger partial charge in [-0.05, 0) is 25.0 Å². The zero-order valence-corrected chi connectivity index (χ0v) is 17.2. The zero-order chi connectivity index (χ0) is 17.8. The lowest BCUT2D eigenvalue weighted by molar-refractivity contribution is -0.133. The molecule has 0 saturated carbocycles. The van der Waals surface area contributed by atoms with E-state index >= 15 is 0 Å². The van der Waals surface area contributed by atoms with Gasteiger partial charge in [0.05, 0.1) is 12.7 Å². The molecular formula is C17H30O5SSi. The van der Waals surface area contributed by atoms with Gasteiger partial charge in [0.15, 0.2) is 6.29 Å². The minimum Gasteiger partial charge on any atom is -0.353 e. The largest absolute Gasteiger partial charge is 0.353 e. The molecule has 2 heterocycles. The summed E-state index contributed by atoms with van der Waals surface area (Å²) in [4.78, 5) is 0. The molecule has 3 aliphatic rings. The van der Waals surface area contributed by atoms with Gasteiger partial charge in [-0.25, -0.2) is 0 Å². The summed E-state index contributed by atoms with van der Waals surface area (Å²) in [5.41, 5.74) is 1.07. The fourth-order valence-electron chi connectivity index (χ4n) is 4.59. The Bertz CT molecular complexity index is 623. The SMILES string of the molecule is CCOC1C[C@H]2C=C3[C@@H](C)COS(=O)(=O)C3(C[Si](C)(C)C)C[C@H]2O1. The van der Waals surface area contributed by atoms with Crippen molar-refractivity contribution in [2.24, 2.45) is 11.8 Å². The second-order valence-corrected chi connectivity index (χ2v) is 16.1. The lowest BCUT2D eigenvalue weighted by atomic mass is 9.76. The first-order valence-corrected chi connectivity index (χ1v) is 14.1. The highest BCUT2D eigenvalue weighted by Gasteiger charge is 2.59. The molecule has 2 aliphatic heterocycles. The van der Waals surface area contributed by atoms with Crippen LogP contribution in [0.2, 0.25) is 25.7 Å². The van der Waals surface area contributed by atoms with Gasteiger partial charge in [0, 0.05) is 32.9 Å². The third kappa shape index (κ3) is 3.14. The van der Waals surface area contributed by atoms with Crippen molar-refractivity contribution in [2.75, 3.05) is 13.2 Å². The van der Waals surface area contributed by atoms with Crippen LogP contribution < -0.4 is 0 Å². The van der Waals surface area contributed by atoms with Crippen molar-refractivity contribution in [3.63, 3.8) is 0 Å². The maximum Gasteiger partial charge on any atom is 0.276 e. The number of hydrogen-bond acceptors (Lipinski definition) is 5. The molecule has 3 rings (SSSR count). The van der Waals surface area contributed by atoms with Crippen LogP contribution in [0.1, 0.15) is 26.7 Å². The molecule has 0 radical (unpaired) electrons. The van der Waals surface area contributed by atoms with Crippen LogP contribution in [0.15, 0.2) is 11.6 Å². The van der Waals surface area contributed by atoms with Gasteiger partial charge >= 0.3 is 0 Å². The second-order valence-electron chi connectivity index (χ2n) is 8.66. The van der Waals surface area contributed by atoms with Gasteiger partial charge in [0.25, 0.3) is 10.1 Å². The van der Waals surface area contributed by atoms with Crippen molar-refractivity contribution in [1.29, 1.82) is 0 Å². The van der Waals surface area contributed by atoms with Gasteiger partial charge < -0.3 is 9.47 Å². The number of ether oxygens (including phenoxy) is 2. The lowest BCUT2D eigenvalue weighted by Crippen LogP contribution is -2.56. The fraction of sp³-hybridized carbons (Fsp3) is 0.882. The summed E-state index contributed by atoms with van der Waals surface area (Å²) in [5.74, 6) is 0.388. The highest BCUT2D eigenvalue weighted by Crippen LogP contribution is 2.53. The van der Waals surface area contributed by atoms with Gasteiger partial charge in [0.1, 0.15) is 4.75 Å². The third-order valence-electron chi connectivity index (χ3n) is 5.37. The van der Waals surface area contributed by atoms with Gasteiger partial charge in [-0.1, -0.05) is 32.6 Å². The molecule has 2 unspecified atom stereocenters. The molecule has 5 nitrogen and oxygen atoms in total. The van der Waals surface area contributed by atoms with Crippen molar-refractivity contribution < 1.29 is 22.1 Å². The monoisotopic (exact) mass is 374 g/mol. The van der Waals surface area contributed by atoms with Crippen molar-refractivity contribution >= 4 is 18.2 Å². The summed E-state index contributed by atoms with van der Waals surface area (Å²) in [6.45, 7) is 11.6. The molecule has 0 spiro atoms. The van der Waals surface area contributed by atoms with E-state index < -0.39 is 22.9 Å². The van der Waals surface area contributed by atoms with Gasteiger partial charge in [-0.3, -0.25) is 4.18 Å². The smallest absolute Gasteiger partial charge is 0.276 e. The molecule has 1 aliphatic carbocycles. The van der Waals surface area contributed by atoms with Crippen LogP contribution in [0.4, 0.5) is 0 Å². The first-order valence-electron chi connectivity index (χ1n) is 8.96. The van der Waals surface area contributed by atoms with Crippen LogP contribution in [-0.4, -0.2) is 46.8 Å². The van der Waals surface area contributed by atoms with E-state index in [9.17, 15) is 8.42 Å². The molecule has 0 aromatic rings. The average Bonchev–Trinajstić information content (AvgIpc) is 2.82. The van der Waals surface area contributed by atoms with E-state index in [1.165, 1.54) is 0 Å². The topological polar surface area (TPSA) is 61.8 Å². The molecule has 7 heteroatoms. The van der Waals surface area contributed by atoms with E-state index in [4.69, 9.17) is 13.7 Å². The fourth-order valence-corrected chi connectivity index (χ4v) is 10.2. The molecule has 5 atom stereocenters. The molecule has 24 heavy (non-hydrogen) atoms. The Morgan fingerprint density at radius 3 is 2.71 bits per heavy atom. The van der Waals surface area contributed by atoms with Crippen molar-refractivity contribution in [3.05, 3.63) is 11.6 Å². The van der Waals surface area contributed by atoms with Gasteiger partial charge in [-0.15, -0.1) is 0 Å². The molecule has 0 N–H and O–H groups in total. The van der Waals surface area contributed by atoms with E-state index in [-0.39, 0.29) is 30.8 Å². The van der Waals surface area contributed by atoms with Gasteiger partial charge in [-0.2, -0.15) is 8.42 Å².